The largest absolute Gasteiger partial charge is 0.395 e. The fraction of sp³-hybridized carbons (Fsp3) is 0.714. The molecule has 0 bridgehead atoms. The van der Waals surface area contributed by atoms with Crippen LogP contribution in [0, 0.1) is 12.8 Å². The molecule has 1 heterocycles. The summed E-state index contributed by atoms with van der Waals surface area (Å²) in [5.74, 6) is 0.768. The number of amides is 1. The van der Waals surface area contributed by atoms with Gasteiger partial charge in [-0.05, 0) is 38.5 Å². The topological polar surface area (TPSA) is 64.2 Å². The maximum atomic E-state index is 12.6. The monoisotopic (exact) mass is 264 g/mol. The molecule has 0 saturated heterocycles. The minimum atomic E-state index is -0.0137. The summed E-state index contributed by atoms with van der Waals surface area (Å²) in [6.07, 6.45) is 4.56. The summed E-state index contributed by atoms with van der Waals surface area (Å²) in [7, 11) is 3.65. The summed E-state index contributed by atoms with van der Waals surface area (Å²) < 4.78 is 1.59. The number of aromatic nitrogens is 2. The molecule has 1 amide bonds. The summed E-state index contributed by atoms with van der Waals surface area (Å²) in [5, 5.41) is 4.22. The molecule has 1 aromatic heterocycles. The molecule has 0 atom stereocenters. The highest BCUT2D eigenvalue weighted by Crippen LogP contribution is 2.28. The predicted octanol–water partition coefficient (Wildman–Crippen LogP) is 1.96. The van der Waals surface area contributed by atoms with Gasteiger partial charge in [-0.2, -0.15) is 5.10 Å². The molecule has 5 heteroatoms. The average Bonchev–Trinajstić information content (AvgIpc) is 2.62. The van der Waals surface area contributed by atoms with Gasteiger partial charge < -0.3 is 10.6 Å². The van der Waals surface area contributed by atoms with Crippen LogP contribution in [0.2, 0.25) is 0 Å². The van der Waals surface area contributed by atoms with Gasteiger partial charge in [0.25, 0.3) is 5.91 Å². The Bertz CT molecular complexity index is 472. The van der Waals surface area contributed by atoms with E-state index < -0.39 is 0 Å². The lowest BCUT2D eigenvalue weighted by Gasteiger charge is -2.33. The van der Waals surface area contributed by atoms with Crippen LogP contribution in [-0.4, -0.2) is 33.7 Å². The molecule has 0 aliphatic heterocycles. The molecular weight excluding hydrogens is 240 g/mol. The fourth-order valence-corrected chi connectivity index (χ4v) is 2.89. The molecule has 5 nitrogen and oxygen atoms in total. The van der Waals surface area contributed by atoms with E-state index in [0.717, 1.165) is 24.5 Å². The zero-order chi connectivity index (χ0) is 14.2. The summed E-state index contributed by atoms with van der Waals surface area (Å²) in [5.41, 5.74) is 7.70. The van der Waals surface area contributed by atoms with Crippen molar-refractivity contribution in [3.05, 3.63) is 11.4 Å². The Balaban J connectivity index is 2.15. The molecule has 0 spiro atoms. The van der Waals surface area contributed by atoms with E-state index in [1.807, 2.05) is 18.9 Å². The molecule has 106 valence electrons. The minimum Gasteiger partial charge on any atom is -0.395 e. The Morgan fingerprint density at radius 1 is 1.37 bits per heavy atom. The van der Waals surface area contributed by atoms with E-state index in [9.17, 15) is 4.79 Å². The smallest absolute Gasteiger partial charge is 0.274 e. The van der Waals surface area contributed by atoms with Gasteiger partial charge in [0, 0.05) is 20.1 Å². The number of anilines is 1. The van der Waals surface area contributed by atoms with Crippen LogP contribution in [0.15, 0.2) is 0 Å². The Kier molecular flexibility index (Phi) is 3.83. The number of nitrogens with zero attached hydrogens (tertiary/aromatic N) is 3. The molecule has 0 radical (unpaired) electrons. The van der Waals surface area contributed by atoms with Gasteiger partial charge in [0.2, 0.25) is 0 Å². The highest BCUT2D eigenvalue weighted by Gasteiger charge is 2.28. The molecule has 2 rings (SSSR count). The first-order chi connectivity index (χ1) is 8.91. The number of carbonyl (C=O) groups excluding carboxylic acids is 1. The van der Waals surface area contributed by atoms with Gasteiger partial charge in [-0.15, -0.1) is 0 Å². The van der Waals surface area contributed by atoms with E-state index in [2.05, 4.69) is 12.0 Å². The first-order valence-electron chi connectivity index (χ1n) is 6.98. The standard InChI is InChI=1S/C14H24N4O/c1-9-5-7-11(8-6-9)17(3)14(19)13-12(15)10(2)16-18(13)4/h9,11H,5-8,15H2,1-4H3. The Hall–Kier alpha value is -1.52. The molecule has 19 heavy (non-hydrogen) atoms. The SMILES string of the molecule is Cc1nn(C)c(C(=O)N(C)C2CCC(C)CC2)c1N. The second kappa shape index (κ2) is 5.23. The number of carbonyl (C=O) groups is 1. The number of nitrogen functional groups attached to an aromatic ring is 1. The molecule has 1 fully saturated rings. The van der Waals surface area contributed by atoms with E-state index in [1.165, 1.54) is 12.8 Å². The van der Waals surface area contributed by atoms with Crippen LogP contribution in [0.3, 0.4) is 0 Å². The number of hydrogen-bond donors (Lipinski definition) is 1. The minimum absolute atomic E-state index is 0.0137. The maximum absolute atomic E-state index is 12.6. The van der Waals surface area contributed by atoms with Gasteiger partial charge in [0.15, 0.2) is 0 Å². The van der Waals surface area contributed by atoms with Crippen LogP contribution in [0.4, 0.5) is 5.69 Å². The first-order valence-corrected chi connectivity index (χ1v) is 6.98. The van der Waals surface area contributed by atoms with Gasteiger partial charge >= 0.3 is 0 Å². The molecule has 1 aliphatic carbocycles. The zero-order valence-corrected chi connectivity index (χ0v) is 12.3. The summed E-state index contributed by atoms with van der Waals surface area (Å²) in [6, 6.07) is 0.332. The van der Waals surface area contributed by atoms with E-state index >= 15 is 0 Å². The normalized spacial score (nSPS) is 23.4. The van der Waals surface area contributed by atoms with Gasteiger partial charge in [0.1, 0.15) is 5.69 Å². The van der Waals surface area contributed by atoms with Crippen LogP contribution >= 0.6 is 0 Å². The van der Waals surface area contributed by atoms with E-state index in [0.29, 0.717) is 17.4 Å². The van der Waals surface area contributed by atoms with Gasteiger partial charge in [-0.1, -0.05) is 6.92 Å². The van der Waals surface area contributed by atoms with Crippen molar-refractivity contribution in [2.45, 2.75) is 45.6 Å². The second-order valence-corrected chi connectivity index (χ2v) is 5.80. The molecule has 0 aromatic carbocycles. The lowest BCUT2D eigenvalue weighted by Crippen LogP contribution is -2.40. The van der Waals surface area contributed by atoms with Crippen molar-refractivity contribution >= 4 is 11.6 Å². The van der Waals surface area contributed by atoms with Crippen LogP contribution < -0.4 is 5.73 Å². The van der Waals surface area contributed by atoms with Crippen molar-refractivity contribution in [2.75, 3.05) is 12.8 Å². The van der Waals surface area contributed by atoms with Gasteiger partial charge in [-0.25, -0.2) is 0 Å². The number of rotatable bonds is 2. The third-order valence-corrected chi connectivity index (χ3v) is 4.32. The Labute approximate surface area is 114 Å². The van der Waals surface area contributed by atoms with E-state index in [-0.39, 0.29) is 5.91 Å². The van der Waals surface area contributed by atoms with Crippen molar-refractivity contribution in [1.82, 2.24) is 14.7 Å². The average molecular weight is 264 g/mol. The molecule has 2 N–H and O–H groups in total. The van der Waals surface area contributed by atoms with Crippen molar-refractivity contribution in [1.29, 1.82) is 0 Å². The Morgan fingerprint density at radius 2 is 1.95 bits per heavy atom. The van der Waals surface area contributed by atoms with Crippen LogP contribution in [0.5, 0.6) is 0 Å². The van der Waals surface area contributed by atoms with Crippen LogP contribution in [0.1, 0.15) is 48.8 Å². The molecule has 1 aromatic rings. The van der Waals surface area contributed by atoms with Gasteiger partial charge in [-0.3, -0.25) is 9.48 Å². The van der Waals surface area contributed by atoms with Crippen molar-refractivity contribution < 1.29 is 4.79 Å². The van der Waals surface area contributed by atoms with Crippen LogP contribution in [-0.2, 0) is 7.05 Å². The highest BCUT2D eigenvalue weighted by atomic mass is 16.2. The highest BCUT2D eigenvalue weighted by molar-refractivity contribution is 5.98. The Morgan fingerprint density at radius 3 is 2.42 bits per heavy atom. The second-order valence-electron chi connectivity index (χ2n) is 5.80. The number of hydrogen-bond acceptors (Lipinski definition) is 3. The molecule has 0 unspecified atom stereocenters. The van der Waals surface area contributed by atoms with Crippen molar-refractivity contribution in [3.63, 3.8) is 0 Å². The fourth-order valence-electron chi connectivity index (χ4n) is 2.89. The predicted molar refractivity (Wildman–Crippen MR) is 75.9 cm³/mol. The van der Waals surface area contributed by atoms with E-state index in [4.69, 9.17) is 5.73 Å². The summed E-state index contributed by atoms with van der Waals surface area (Å²) >= 11 is 0. The third kappa shape index (κ3) is 2.60. The summed E-state index contributed by atoms with van der Waals surface area (Å²) in [6.45, 7) is 4.11. The number of nitrogens with two attached hydrogens (primary N) is 1. The first kappa shape index (κ1) is 13.9. The zero-order valence-electron chi connectivity index (χ0n) is 12.3. The lowest BCUT2D eigenvalue weighted by atomic mass is 9.86. The lowest BCUT2D eigenvalue weighted by molar-refractivity contribution is 0.0669. The molecule has 1 aliphatic rings. The van der Waals surface area contributed by atoms with Gasteiger partial charge in [0.05, 0.1) is 11.4 Å². The number of aryl methyl sites for hydroxylation is 2. The van der Waals surface area contributed by atoms with Crippen molar-refractivity contribution in [3.8, 4) is 0 Å². The quantitative estimate of drug-likeness (QED) is 0.888. The molecular formula is C14H24N4O. The third-order valence-electron chi connectivity index (χ3n) is 4.32. The van der Waals surface area contributed by atoms with Crippen LogP contribution in [0.25, 0.3) is 0 Å². The van der Waals surface area contributed by atoms with Crippen molar-refractivity contribution in [2.24, 2.45) is 13.0 Å². The molecule has 1 saturated carbocycles. The van der Waals surface area contributed by atoms with E-state index in [1.54, 1.807) is 11.7 Å². The maximum Gasteiger partial charge on any atom is 0.274 e. The summed E-state index contributed by atoms with van der Waals surface area (Å²) in [4.78, 5) is 14.4.